The number of hydrogen-bond acceptors (Lipinski definition) is 5. The number of rotatable bonds is 5. The van der Waals surface area contributed by atoms with Gasteiger partial charge in [0, 0.05) is 25.2 Å². The van der Waals surface area contributed by atoms with Gasteiger partial charge in [-0.05, 0) is 24.3 Å². The quantitative estimate of drug-likeness (QED) is 0.717. The molecule has 0 atom stereocenters. The Morgan fingerprint density at radius 2 is 1.84 bits per heavy atom. The highest BCUT2D eigenvalue weighted by Crippen LogP contribution is 2.23. The molecule has 5 heteroatoms. The predicted molar refractivity (Wildman–Crippen MR) is 97.7 cm³/mol. The van der Waals surface area contributed by atoms with Gasteiger partial charge in [-0.15, -0.1) is 0 Å². The minimum absolute atomic E-state index is 0.673. The summed E-state index contributed by atoms with van der Waals surface area (Å²) in [5.74, 6) is 0.862. The van der Waals surface area contributed by atoms with Crippen LogP contribution in [0.1, 0.15) is 0 Å². The molecule has 128 valence electrons. The Labute approximate surface area is 147 Å². The molecular weight excluding hydrogens is 314 g/mol. The molecule has 1 aromatic heterocycles. The van der Waals surface area contributed by atoms with E-state index in [4.69, 9.17) is 14.5 Å². The van der Waals surface area contributed by atoms with Crippen LogP contribution in [0.25, 0.3) is 22.3 Å². The van der Waals surface area contributed by atoms with Crippen molar-refractivity contribution < 1.29 is 9.47 Å². The number of fused-ring (bicyclic) bond motifs is 1. The van der Waals surface area contributed by atoms with E-state index in [9.17, 15) is 0 Å². The summed E-state index contributed by atoms with van der Waals surface area (Å²) in [6.45, 7) is 5.19. The van der Waals surface area contributed by atoms with Gasteiger partial charge in [0.05, 0.1) is 36.1 Å². The Bertz CT molecular complexity index is 847. The van der Waals surface area contributed by atoms with Gasteiger partial charge in [-0.3, -0.25) is 9.88 Å². The molecule has 2 heterocycles. The number of nitrogens with zero attached hydrogens (tertiary/aromatic N) is 3. The highest BCUT2D eigenvalue weighted by atomic mass is 16.5. The van der Waals surface area contributed by atoms with Crippen molar-refractivity contribution >= 4 is 11.0 Å². The van der Waals surface area contributed by atoms with E-state index in [1.807, 2.05) is 54.7 Å². The van der Waals surface area contributed by atoms with Gasteiger partial charge in [0.15, 0.2) is 0 Å². The minimum atomic E-state index is 0.673. The number of para-hydroxylation sites is 2. The van der Waals surface area contributed by atoms with Crippen LogP contribution in [-0.4, -0.2) is 54.3 Å². The number of hydrogen-bond donors (Lipinski definition) is 0. The molecule has 0 unspecified atom stereocenters. The topological polar surface area (TPSA) is 47.5 Å². The van der Waals surface area contributed by atoms with Gasteiger partial charge in [-0.2, -0.15) is 0 Å². The zero-order valence-corrected chi connectivity index (χ0v) is 14.1. The third kappa shape index (κ3) is 3.95. The second-order valence-corrected chi connectivity index (χ2v) is 6.07. The van der Waals surface area contributed by atoms with Crippen LogP contribution in [0.4, 0.5) is 0 Å². The van der Waals surface area contributed by atoms with Crippen molar-refractivity contribution in [1.82, 2.24) is 14.9 Å². The molecule has 0 spiro atoms. The Kier molecular flexibility index (Phi) is 4.86. The molecule has 0 saturated carbocycles. The van der Waals surface area contributed by atoms with Crippen LogP contribution < -0.4 is 4.74 Å². The van der Waals surface area contributed by atoms with E-state index in [2.05, 4.69) is 9.88 Å². The first-order valence-electron chi connectivity index (χ1n) is 8.64. The molecule has 1 fully saturated rings. The maximum absolute atomic E-state index is 5.93. The number of aromatic nitrogens is 2. The first-order chi connectivity index (χ1) is 12.4. The van der Waals surface area contributed by atoms with Crippen molar-refractivity contribution in [2.24, 2.45) is 0 Å². The zero-order chi connectivity index (χ0) is 16.9. The molecule has 1 saturated heterocycles. The van der Waals surface area contributed by atoms with E-state index in [0.717, 1.165) is 60.9 Å². The van der Waals surface area contributed by atoms with E-state index in [0.29, 0.717) is 6.61 Å². The van der Waals surface area contributed by atoms with Gasteiger partial charge in [-0.25, -0.2) is 4.98 Å². The van der Waals surface area contributed by atoms with E-state index in [1.165, 1.54) is 0 Å². The summed E-state index contributed by atoms with van der Waals surface area (Å²) in [5, 5.41) is 0. The highest BCUT2D eigenvalue weighted by molar-refractivity contribution is 5.77. The first kappa shape index (κ1) is 16.0. The van der Waals surface area contributed by atoms with Crippen molar-refractivity contribution in [2.75, 3.05) is 39.5 Å². The van der Waals surface area contributed by atoms with E-state index in [-0.39, 0.29) is 0 Å². The van der Waals surface area contributed by atoms with Crippen LogP contribution in [0.5, 0.6) is 5.75 Å². The summed E-state index contributed by atoms with van der Waals surface area (Å²) >= 11 is 0. The number of ether oxygens (including phenoxy) is 2. The second-order valence-electron chi connectivity index (χ2n) is 6.07. The van der Waals surface area contributed by atoms with Gasteiger partial charge in [0.25, 0.3) is 0 Å². The fourth-order valence-electron chi connectivity index (χ4n) is 2.96. The molecule has 5 nitrogen and oxygen atoms in total. The lowest BCUT2D eigenvalue weighted by Crippen LogP contribution is -2.38. The van der Waals surface area contributed by atoms with Gasteiger partial charge >= 0.3 is 0 Å². The average molecular weight is 335 g/mol. The lowest BCUT2D eigenvalue weighted by Gasteiger charge is -2.26. The SMILES string of the molecule is c1cc(OCCN2CCOCC2)cc(-c2cnc3ccccc3n2)c1. The van der Waals surface area contributed by atoms with Crippen LogP contribution in [0.3, 0.4) is 0 Å². The normalized spacial score (nSPS) is 15.4. The van der Waals surface area contributed by atoms with Crippen molar-refractivity contribution in [3.8, 4) is 17.0 Å². The monoisotopic (exact) mass is 335 g/mol. The van der Waals surface area contributed by atoms with Gasteiger partial charge in [-0.1, -0.05) is 24.3 Å². The lowest BCUT2D eigenvalue weighted by molar-refractivity contribution is 0.0322. The molecule has 25 heavy (non-hydrogen) atoms. The third-order valence-electron chi connectivity index (χ3n) is 4.36. The molecule has 3 aromatic rings. The van der Waals surface area contributed by atoms with Crippen molar-refractivity contribution in [1.29, 1.82) is 0 Å². The Hall–Kier alpha value is -2.50. The summed E-state index contributed by atoms with van der Waals surface area (Å²) in [5.41, 5.74) is 3.68. The van der Waals surface area contributed by atoms with E-state index < -0.39 is 0 Å². The molecule has 0 radical (unpaired) electrons. The van der Waals surface area contributed by atoms with E-state index in [1.54, 1.807) is 0 Å². The summed E-state index contributed by atoms with van der Waals surface area (Å²) < 4.78 is 11.3. The first-order valence-corrected chi connectivity index (χ1v) is 8.64. The van der Waals surface area contributed by atoms with E-state index >= 15 is 0 Å². The Morgan fingerprint density at radius 1 is 1.00 bits per heavy atom. The van der Waals surface area contributed by atoms with Crippen LogP contribution in [0.2, 0.25) is 0 Å². The van der Waals surface area contributed by atoms with Crippen LogP contribution in [0, 0.1) is 0 Å². The van der Waals surface area contributed by atoms with Crippen molar-refractivity contribution in [2.45, 2.75) is 0 Å². The molecule has 1 aliphatic heterocycles. The fourth-order valence-corrected chi connectivity index (χ4v) is 2.96. The molecule has 0 aliphatic carbocycles. The van der Waals surface area contributed by atoms with Gasteiger partial charge < -0.3 is 9.47 Å². The molecule has 0 bridgehead atoms. The van der Waals surface area contributed by atoms with Crippen LogP contribution >= 0.6 is 0 Å². The average Bonchev–Trinajstić information content (AvgIpc) is 2.69. The van der Waals surface area contributed by atoms with Crippen LogP contribution in [-0.2, 0) is 4.74 Å². The second kappa shape index (κ2) is 7.59. The Morgan fingerprint density at radius 3 is 2.72 bits per heavy atom. The standard InChI is InChI=1S/C20H21N3O2/c1-2-7-19-18(6-1)21-15-20(22-19)16-4-3-5-17(14-16)25-13-10-23-8-11-24-12-9-23/h1-7,14-15H,8-13H2. The summed E-state index contributed by atoms with van der Waals surface area (Å²) in [7, 11) is 0. The van der Waals surface area contributed by atoms with Crippen molar-refractivity contribution in [3.05, 3.63) is 54.7 Å². The molecule has 4 rings (SSSR count). The number of morpholine rings is 1. The third-order valence-corrected chi connectivity index (χ3v) is 4.36. The summed E-state index contributed by atoms with van der Waals surface area (Å²) in [4.78, 5) is 11.6. The molecule has 0 amide bonds. The number of benzene rings is 2. The van der Waals surface area contributed by atoms with Crippen molar-refractivity contribution in [3.63, 3.8) is 0 Å². The maximum atomic E-state index is 5.93. The van der Waals surface area contributed by atoms with Crippen LogP contribution in [0.15, 0.2) is 54.7 Å². The summed E-state index contributed by atoms with van der Waals surface area (Å²) in [6, 6.07) is 15.9. The largest absolute Gasteiger partial charge is 0.492 e. The maximum Gasteiger partial charge on any atom is 0.120 e. The highest BCUT2D eigenvalue weighted by Gasteiger charge is 2.10. The molecular formula is C20H21N3O2. The molecule has 0 N–H and O–H groups in total. The zero-order valence-electron chi connectivity index (χ0n) is 14.1. The van der Waals surface area contributed by atoms with Gasteiger partial charge in [0.2, 0.25) is 0 Å². The predicted octanol–water partition coefficient (Wildman–Crippen LogP) is 3.01. The summed E-state index contributed by atoms with van der Waals surface area (Å²) in [6.07, 6.45) is 1.81. The molecule has 2 aromatic carbocycles. The van der Waals surface area contributed by atoms with Gasteiger partial charge in [0.1, 0.15) is 12.4 Å². The Balaban J connectivity index is 1.44. The minimum Gasteiger partial charge on any atom is -0.492 e. The fraction of sp³-hybridized carbons (Fsp3) is 0.300. The lowest BCUT2D eigenvalue weighted by atomic mass is 10.1. The smallest absolute Gasteiger partial charge is 0.120 e. The molecule has 1 aliphatic rings.